The second kappa shape index (κ2) is 5.48. The molecule has 3 atom stereocenters. The molecular formula is C14H16FNO4. The molecule has 6 heteroatoms. The van der Waals surface area contributed by atoms with Crippen LogP contribution in [0.1, 0.15) is 24.9 Å². The maximum Gasteiger partial charge on any atom is 0.307 e. The van der Waals surface area contributed by atoms with Crippen LogP contribution in [0.25, 0.3) is 0 Å². The molecule has 0 bridgehead atoms. The number of ether oxygens (including phenoxy) is 1. The Bertz CT molecular complexity index is 546. The predicted molar refractivity (Wildman–Crippen MR) is 68.7 cm³/mol. The molecule has 1 aliphatic carbocycles. The van der Waals surface area contributed by atoms with Crippen LogP contribution in [0.2, 0.25) is 0 Å². The summed E-state index contributed by atoms with van der Waals surface area (Å²) < 4.78 is 18.4. The maximum absolute atomic E-state index is 13.3. The molecule has 3 unspecified atom stereocenters. The van der Waals surface area contributed by atoms with Crippen molar-refractivity contribution < 1.29 is 23.8 Å². The van der Waals surface area contributed by atoms with Crippen LogP contribution in [-0.2, 0) is 9.59 Å². The molecular weight excluding hydrogens is 265 g/mol. The van der Waals surface area contributed by atoms with Gasteiger partial charge in [0.2, 0.25) is 5.91 Å². The number of rotatable bonds is 5. The van der Waals surface area contributed by atoms with Gasteiger partial charge in [0, 0.05) is 5.56 Å². The third kappa shape index (κ3) is 2.89. The van der Waals surface area contributed by atoms with E-state index >= 15 is 0 Å². The topological polar surface area (TPSA) is 75.6 Å². The Labute approximate surface area is 115 Å². The number of benzene rings is 1. The Morgan fingerprint density at radius 1 is 1.45 bits per heavy atom. The number of methoxy groups -OCH3 is 1. The lowest BCUT2D eigenvalue weighted by atomic mass is 10.1. The first-order valence-corrected chi connectivity index (χ1v) is 6.30. The van der Waals surface area contributed by atoms with Crippen molar-refractivity contribution >= 4 is 11.9 Å². The van der Waals surface area contributed by atoms with Gasteiger partial charge < -0.3 is 15.2 Å². The number of carboxylic acid groups (broad SMARTS) is 1. The van der Waals surface area contributed by atoms with Crippen molar-refractivity contribution in [2.24, 2.45) is 11.8 Å². The first kappa shape index (κ1) is 14.3. The Kier molecular flexibility index (Phi) is 3.92. The second-order valence-electron chi connectivity index (χ2n) is 4.90. The molecule has 1 aromatic carbocycles. The van der Waals surface area contributed by atoms with Gasteiger partial charge >= 0.3 is 5.97 Å². The first-order chi connectivity index (χ1) is 9.43. The summed E-state index contributed by atoms with van der Waals surface area (Å²) in [7, 11) is 1.46. The largest absolute Gasteiger partial charge is 0.496 e. The zero-order chi connectivity index (χ0) is 14.9. The fourth-order valence-electron chi connectivity index (χ4n) is 2.20. The average Bonchev–Trinajstić information content (AvgIpc) is 3.18. The third-order valence-electron chi connectivity index (χ3n) is 3.46. The lowest BCUT2D eigenvalue weighted by molar-refractivity contribution is -0.140. The molecule has 0 aliphatic heterocycles. The van der Waals surface area contributed by atoms with Crippen LogP contribution in [-0.4, -0.2) is 24.1 Å². The highest BCUT2D eigenvalue weighted by atomic mass is 19.1. The van der Waals surface area contributed by atoms with E-state index < -0.39 is 29.7 Å². The lowest BCUT2D eigenvalue weighted by Crippen LogP contribution is -2.29. The minimum Gasteiger partial charge on any atom is -0.496 e. The van der Waals surface area contributed by atoms with Crippen LogP contribution in [0, 0.1) is 17.7 Å². The Morgan fingerprint density at radius 3 is 2.70 bits per heavy atom. The molecule has 5 nitrogen and oxygen atoms in total. The fourth-order valence-corrected chi connectivity index (χ4v) is 2.20. The molecule has 1 aromatic rings. The van der Waals surface area contributed by atoms with Gasteiger partial charge in [-0.3, -0.25) is 9.59 Å². The monoisotopic (exact) mass is 281 g/mol. The van der Waals surface area contributed by atoms with E-state index in [4.69, 9.17) is 9.84 Å². The van der Waals surface area contributed by atoms with Crippen molar-refractivity contribution in [2.45, 2.75) is 19.4 Å². The smallest absolute Gasteiger partial charge is 0.307 e. The quantitative estimate of drug-likeness (QED) is 0.862. The van der Waals surface area contributed by atoms with Crippen molar-refractivity contribution in [2.75, 3.05) is 7.11 Å². The summed E-state index contributed by atoms with van der Waals surface area (Å²) in [6.45, 7) is 1.70. The number of carboxylic acids is 1. The minimum atomic E-state index is -0.957. The molecule has 1 amide bonds. The van der Waals surface area contributed by atoms with E-state index in [1.54, 1.807) is 6.92 Å². The predicted octanol–water partition coefficient (Wildman–Crippen LogP) is 1.73. The van der Waals surface area contributed by atoms with Gasteiger partial charge in [-0.1, -0.05) is 0 Å². The normalized spacial score (nSPS) is 21.9. The summed E-state index contributed by atoms with van der Waals surface area (Å²) in [6, 6.07) is 3.61. The number of nitrogens with one attached hydrogen (secondary N) is 1. The summed E-state index contributed by atoms with van der Waals surface area (Å²) in [5.74, 6) is -2.31. The van der Waals surface area contributed by atoms with Gasteiger partial charge in [0.05, 0.1) is 25.0 Å². The zero-order valence-corrected chi connectivity index (χ0v) is 11.2. The molecule has 1 fully saturated rings. The van der Waals surface area contributed by atoms with Crippen molar-refractivity contribution in [1.82, 2.24) is 5.32 Å². The molecule has 1 aliphatic rings. The van der Waals surface area contributed by atoms with Crippen molar-refractivity contribution in [3.05, 3.63) is 29.6 Å². The van der Waals surface area contributed by atoms with E-state index in [9.17, 15) is 14.0 Å². The number of halogens is 1. The highest BCUT2D eigenvalue weighted by molar-refractivity contribution is 5.89. The molecule has 20 heavy (non-hydrogen) atoms. The fraction of sp³-hybridized carbons (Fsp3) is 0.429. The van der Waals surface area contributed by atoms with Crippen molar-refractivity contribution in [3.63, 3.8) is 0 Å². The number of hydrogen-bond acceptors (Lipinski definition) is 3. The van der Waals surface area contributed by atoms with E-state index in [-0.39, 0.29) is 5.91 Å². The van der Waals surface area contributed by atoms with Gasteiger partial charge in [-0.05, 0) is 31.5 Å². The van der Waals surface area contributed by atoms with Gasteiger partial charge in [0.15, 0.2) is 0 Å². The van der Waals surface area contributed by atoms with Crippen LogP contribution >= 0.6 is 0 Å². The van der Waals surface area contributed by atoms with Gasteiger partial charge in [-0.2, -0.15) is 0 Å². The molecule has 0 heterocycles. The molecule has 0 radical (unpaired) electrons. The summed E-state index contributed by atoms with van der Waals surface area (Å²) in [6.07, 6.45) is 0.355. The molecule has 2 rings (SSSR count). The zero-order valence-electron chi connectivity index (χ0n) is 11.2. The Balaban J connectivity index is 2.05. The number of aliphatic carboxylic acids is 1. The van der Waals surface area contributed by atoms with E-state index in [0.29, 0.717) is 17.7 Å². The van der Waals surface area contributed by atoms with Crippen LogP contribution in [0.15, 0.2) is 18.2 Å². The lowest BCUT2D eigenvalue weighted by Gasteiger charge is -2.17. The van der Waals surface area contributed by atoms with E-state index in [1.807, 2.05) is 0 Å². The van der Waals surface area contributed by atoms with E-state index in [2.05, 4.69) is 5.32 Å². The van der Waals surface area contributed by atoms with Crippen LogP contribution in [0.5, 0.6) is 5.75 Å². The Morgan fingerprint density at radius 2 is 2.15 bits per heavy atom. The molecule has 1 saturated carbocycles. The van der Waals surface area contributed by atoms with E-state index in [1.165, 1.54) is 25.3 Å². The summed E-state index contributed by atoms with van der Waals surface area (Å²) >= 11 is 0. The third-order valence-corrected chi connectivity index (χ3v) is 3.46. The summed E-state index contributed by atoms with van der Waals surface area (Å²) in [5, 5.41) is 11.5. The minimum absolute atomic E-state index is 0.323. The maximum atomic E-state index is 13.3. The Hall–Kier alpha value is -2.11. The van der Waals surface area contributed by atoms with Gasteiger partial charge in [0.25, 0.3) is 0 Å². The van der Waals surface area contributed by atoms with Crippen LogP contribution in [0.4, 0.5) is 4.39 Å². The van der Waals surface area contributed by atoms with Gasteiger partial charge in [0.1, 0.15) is 11.6 Å². The van der Waals surface area contributed by atoms with E-state index in [0.717, 1.165) is 0 Å². The van der Waals surface area contributed by atoms with Crippen molar-refractivity contribution in [1.29, 1.82) is 0 Å². The first-order valence-electron chi connectivity index (χ1n) is 6.30. The molecule has 0 spiro atoms. The average molecular weight is 281 g/mol. The van der Waals surface area contributed by atoms with Crippen LogP contribution < -0.4 is 10.1 Å². The van der Waals surface area contributed by atoms with Gasteiger partial charge in [-0.15, -0.1) is 0 Å². The SMILES string of the molecule is COc1ccc(F)cc1C(C)NC(=O)C1CC1C(=O)O. The van der Waals surface area contributed by atoms with Crippen LogP contribution in [0.3, 0.4) is 0 Å². The summed E-state index contributed by atoms with van der Waals surface area (Å²) in [4.78, 5) is 22.6. The number of carbonyl (C=O) groups is 2. The van der Waals surface area contributed by atoms with Crippen molar-refractivity contribution in [3.8, 4) is 5.75 Å². The number of hydrogen-bond donors (Lipinski definition) is 2. The number of carbonyl (C=O) groups excluding carboxylic acids is 1. The highest BCUT2D eigenvalue weighted by Gasteiger charge is 2.48. The summed E-state index contributed by atoms with van der Waals surface area (Å²) in [5.41, 5.74) is 0.522. The molecule has 0 saturated heterocycles. The number of amides is 1. The molecule has 2 N–H and O–H groups in total. The standard InChI is InChI=1S/C14H16FNO4/c1-7(9-5-8(15)3-4-12(9)20-2)16-13(17)10-6-11(10)14(18)19/h3-5,7,10-11H,6H2,1-2H3,(H,16,17)(H,18,19). The molecule has 0 aromatic heterocycles. The van der Waals surface area contributed by atoms with Gasteiger partial charge in [-0.25, -0.2) is 4.39 Å². The molecule has 108 valence electrons. The highest BCUT2D eigenvalue weighted by Crippen LogP contribution is 2.39. The second-order valence-corrected chi connectivity index (χ2v) is 4.90.